The van der Waals surface area contributed by atoms with Crippen molar-refractivity contribution in [3.8, 4) is 11.5 Å². The summed E-state index contributed by atoms with van der Waals surface area (Å²) in [6.45, 7) is 0.856. The monoisotopic (exact) mass is 610 g/mol. The fourth-order valence-corrected chi connectivity index (χ4v) is 4.98. The number of carbonyl (C=O) groups excluding carboxylic acids is 3. The highest BCUT2D eigenvalue weighted by Gasteiger charge is 2.25. The molecule has 0 bridgehead atoms. The minimum atomic E-state index is -1.11. The summed E-state index contributed by atoms with van der Waals surface area (Å²) >= 11 is 1.50. The summed E-state index contributed by atoms with van der Waals surface area (Å²) in [4.78, 5) is 50.6. The van der Waals surface area contributed by atoms with Gasteiger partial charge in [0.05, 0.1) is 19.0 Å². The van der Waals surface area contributed by atoms with Gasteiger partial charge in [0.1, 0.15) is 12.6 Å². The number of ether oxygens (including phenoxy) is 3. The number of carboxylic acids is 1. The van der Waals surface area contributed by atoms with Crippen LogP contribution in [0, 0.1) is 0 Å². The van der Waals surface area contributed by atoms with Gasteiger partial charge in [-0.15, -0.1) is 11.3 Å². The van der Waals surface area contributed by atoms with Crippen molar-refractivity contribution in [2.75, 3.05) is 13.3 Å². The maximum Gasteiger partial charge on any atom is 0.407 e. The number of rotatable bonds is 15. The number of hydrogen-bond donors (Lipinski definition) is 5. The molecular formula is C30H34N4O8S. The molecule has 43 heavy (non-hydrogen) atoms. The normalized spacial score (nSPS) is 12.9. The van der Waals surface area contributed by atoms with E-state index in [4.69, 9.17) is 14.2 Å². The van der Waals surface area contributed by atoms with Crippen molar-refractivity contribution in [2.24, 2.45) is 0 Å². The lowest BCUT2D eigenvalue weighted by molar-refractivity contribution is -0.137. The third-order valence-electron chi connectivity index (χ3n) is 6.52. The van der Waals surface area contributed by atoms with Crippen molar-refractivity contribution in [2.45, 2.75) is 50.9 Å². The van der Waals surface area contributed by atoms with Crippen molar-refractivity contribution in [1.29, 1.82) is 0 Å². The average molecular weight is 611 g/mol. The zero-order chi connectivity index (χ0) is 30.4. The summed E-state index contributed by atoms with van der Waals surface area (Å²) in [7, 11) is 0. The second-order valence-corrected chi connectivity index (χ2v) is 10.7. The van der Waals surface area contributed by atoms with Crippen molar-refractivity contribution in [3.05, 3.63) is 82.0 Å². The maximum absolute atomic E-state index is 13.1. The van der Waals surface area contributed by atoms with Crippen LogP contribution in [-0.2, 0) is 27.5 Å². The molecule has 1 aliphatic heterocycles. The first-order chi connectivity index (χ1) is 20.9. The van der Waals surface area contributed by atoms with Crippen LogP contribution >= 0.6 is 11.3 Å². The van der Waals surface area contributed by atoms with E-state index in [9.17, 15) is 24.3 Å². The summed E-state index contributed by atoms with van der Waals surface area (Å²) in [6.07, 6.45) is 0.417. The molecule has 12 nitrogen and oxygen atoms in total. The zero-order valence-electron chi connectivity index (χ0n) is 23.4. The first-order valence-corrected chi connectivity index (χ1v) is 14.7. The van der Waals surface area contributed by atoms with Crippen molar-refractivity contribution >= 4 is 35.3 Å². The fourth-order valence-electron chi connectivity index (χ4n) is 4.33. The quantitative estimate of drug-likeness (QED) is 0.161. The Bertz CT molecular complexity index is 1370. The molecular weight excluding hydrogens is 576 g/mol. The Morgan fingerprint density at radius 3 is 2.51 bits per heavy atom. The molecule has 4 amide bonds. The number of amides is 4. The van der Waals surface area contributed by atoms with Crippen LogP contribution in [0.3, 0.4) is 0 Å². The number of hydrogen-bond acceptors (Lipinski definition) is 8. The number of fused-ring (bicyclic) bond motifs is 1. The average Bonchev–Trinajstić information content (AvgIpc) is 3.70. The highest BCUT2D eigenvalue weighted by atomic mass is 32.1. The number of unbranched alkanes of at least 4 members (excludes halogenated alkanes) is 1. The van der Waals surface area contributed by atoms with Gasteiger partial charge in [0.25, 0.3) is 0 Å². The highest BCUT2D eigenvalue weighted by molar-refractivity contribution is 7.09. The summed E-state index contributed by atoms with van der Waals surface area (Å²) in [5.41, 5.74) is 1.40. The topological polar surface area (TPSA) is 164 Å². The molecule has 0 fully saturated rings. The van der Waals surface area contributed by atoms with Crippen molar-refractivity contribution in [3.63, 3.8) is 0 Å². The van der Waals surface area contributed by atoms with Gasteiger partial charge < -0.3 is 40.6 Å². The molecule has 2 atom stereocenters. The first kappa shape index (κ1) is 31.2. The van der Waals surface area contributed by atoms with Gasteiger partial charge in [-0.1, -0.05) is 42.5 Å². The van der Waals surface area contributed by atoms with Crippen LogP contribution < -0.4 is 30.7 Å². The van der Waals surface area contributed by atoms with Gasteiger partial charge in [-0.3, -0.25) is 9.59 Å². The highest BCUT2D eigenvalue weighted by Crippen LogP contribution is 2.34. The van der Waals surface area contributed by atoms with Crippen LogP contribution in [0.15, 0.2) is 66.0 Å². The Balaban J connectivity index is 1.29. The molecule has 0 saturated heterocycles. The standard InChI is InChI=1S/C30H34N4O8S/c35-27(36)16-24(21-11-12-25-26(15-21)42-19-41-25)34-29(38)33-23(28(37)32-17-22-9-6-14-43-22)10-4-5-13-31-30(39)40-18-20-7-2-1-3-8-20/h1-3,6-9,11-12,14-15,23-24H,4-5,10,13,16-19H2,(H,31,39)(H,32,37)(H,35,36)(H2,33,34,38)/t23-,24-/m0/s1. The van der Waals surface area contributed by atoms with Gasteiger partial charge in [-0.2, -0.15) is 0 Å². The second kappa shape index (κ2) is 16.0. The largest absolute Gasteiger partial charge is 0.481 e. The lowest BCUT2D eigenvalue weighted by atomic mass is 10.0. The number of carboxylic acid groups (broad SMARTS) is 1. The van der Waals surface area contributed by atoms with Gasteiger partial charge in [-0.05, 0) is 54.0 Å². The van der Waals surface area contributed by atoms with E-state index in [1.54, 1.807) is 18.2 Å². The molecule has 0 unspecified atom stereocenters. The molecule has 0 saturated carbocycles. The number of benzene rings is 2. The van der Waals surface area contributed by atoms with E-state index in [1.165, 1.54) is 11.3 Å². The van der Waals surface area contributed by atoms with Crippen LogP contribution in [0.25, 0.3) is 0 Å². The third kappa shape index (κ3) is 10.2. The van der Waals surface area contributed by atoms with Gasteiger partial charge in [0, 0.05) is 11.4 Å². The minimum Gasteiger partial charge on any atom is -0.481 e. The predicted molar refractivity (Wildman–Crippen MR) is 158 cm³/mol. The Morgan fingerprint density at radius 2 is 1.74 bits per heavy atom. The lowest BCUT2D eigenvalue weighted by Gasteiger charge is -2.22. The molecule has 228 valence electrons. The fraction of sp³-hybridized carbons (Fsp3) is 0.333. The predicted octanol–water partition coefficient (Wildman–Crippen LogP) is 4.07. The summed E-state index contributed by atoms with van der Waals surface area (Å²) < 4.78 is 15.9. The third-order valence-corrected chi connectivity index (χ3v) is 7.40. The zero-order valence-corrected chi connectivity index (χ0v) is 24.2. The van der Waals surface area contributed by atoms with E-state index in [0.29, 0.717) is 43.0 Å². The Hall–Kier alpha value is -4.78. The molecule has 3 aromatic rings. The Kier molecular flexibility index (Phi) is 11.6. The molecule has 2 heterocycles. The molecule has 4 rings (SSSR count). The van der Waals surface area contributed by atoms with Gasteiger partial charge >= 0.3 is 18.1 Å². The molecule has 2 aromatic carbocycles. The number of urea groups is 1. The number of nitrogens with one attached hydrogen (secondary N) is 4. The smallest absolute Gasteiger partial charge is 0.407 e. The Morgan fingerprint density at radius 1 is 0.930 bits per heavy atom. The van der Waals surface area contributed by atoms with E-state index < -0.39 is 30.2 Å². The van der Waals surface area contributed by atoms with E-state index in [2.05, 4.69) is 21.3 Å². The van der Waals surface area contributed by atoms with Crippen molar-refractivity contribution in [1.82, 2.24) is 21.3 Å². The molecule has 0 spiro atoms. The van der Waals surface area contributed by atoms with Gasteiger partial charge in [0.2, 0.25) is 12.7 Å². The Labute approximate surface area is 252 Å². The van der Waals surface area contributed by atoms with Crippen LogP contribution in [0.1, 0.15) is 47.7 Å². The van der Waals surface area contributed by atoms with E-state index >= 15 is 0 Å². The number of carbonyl (C=O) groups is 4. The van der Waals surface area contributed by atoms with Crippen LogP contribution in [-0.4, -0.2) is 48.5 Å². The number of thiophene rings is 1. The van der Waals surface area contributed by atoms with E-state index in [0.717, 1.165) is 10.4 Å². The van der Waals surface area contributed by atoms with Gasteiger partial charge in [-0.25, -0.2) is 9.59 Å². The number of aliphatic carboxylic acids is 1. The molecule has 1 aliphatic rings. The van der Waals surface area contributed by atoms with E-state index in [1.807, 2.05) is 47.8 Å². The molecule has 5 N–H and O–H groups in total. The summed E-state index contributed by atoms with van der Waals surface area (Å²) in [5, 5.41) is 22.2. The summed E-state index contributed by atoms with van der Waals surface area (Å²) in [5.74, 6) is -0.498. The van der Waals surface area contributed by atoms with Gasteiger partial charge in [0.15, 0.2) is 11.5 Å². The SMILES string of the molecule is O=C(O)C[C@H](NC(=O)N[C@@H](CCCCNC(=O)OCc1ccccc1)C(=O)NCc1cccs1)c1ccc2c(c1)OCO2. The van der Waals surface area contributed by atoms with Crippen molar-refractivity contribution < 1.29 is 38.5 Å². The lowest BCUT2D eigenvalue weighted by Crippen LogP contribution is -2.50. The summed E-state index contributed by atoms with van der Waals surface area (Å²) in [6, 6.07) is 15.6. The molecule has 0 radical (unpaired) electrons. The minimum absolute atomic E-state index is 0.0585. The number of alkyl carbamates (subject to hydrolysis) is 1. The molecule has 1 aromatic heterocycles. The first-order valence-electron chi connectivity index (χ1n) is 13.8. The van der Waals surface area contributed by atoms with Crippen LogP contribution in [0.4, 0.5) is 9.59 Å². The maximum atomic E-state index is 13.1. The van der Waals surface area contributed by atoms with Crippen LogP contribution in [0.2, 0.25) is 0 Å². The molecule has 13 heteroatoms. The second-order valence-electron chi connectivity index (χ2n) is 9.71. The van der Waals surface area contributed by atoms with Crippen LogP contribution in [0.5, 0.6) is 11.5 Å². The molecule has 0 aliphatic carbocycles. The van der Waals surface area contributed by atoms with E-state index in [-0.39, 0.29) is 32.1 Å².